The molecule has 0 aliphatic rings. The van der Waals surface area contributed by atoms with Crippen molar-refractivity contribution in [2.24, 2.45) is 0 Å². The number of carbonyl (C=O) groups excluding carboxylic acids is 1. The van der Waals surface area contributed by atoms with E-state index in [4.69, 9.17) is 0 Å². The normalized spacial score (nSPS) is 11.9. The highest BCUT2D eigenvalue weighted by Gasteiger charge is 2.23. The van der Waals surface area contributed by atoms with Crippen molar-refractivity contribution in [3.63, 3.8) is 0 Å². The lowest BCUT2D eigenvalue weighted by molar-refractivity contribution is 0.0950. The van der Waals surface area contributed by atoms with Gasteiger partial charge in [0.2, 0.25) is 10.0 Å². The summed E-state index contributed by atoms with van der Waals surface area (Å²) in [4.78, 5) is 16.6. The summed E-state index contributed by atoms with van der Waals surface area (Å²) in [6, 6.07) is 5.81. The van der Waals surface area contributed by atoms with Crippen LogP contribution in [0.15, 0.2) is 34.5 Å². The van der Waals surface area contributed by atoms with Gasteiger partial charge in [0, 0.05) is 29.7 Å². The third kappa shape index (κ3) is 4.19. The number of thiazole rings is 1. The predicted molar refractivity (Wildman–Crippen MR) is 94.5 cm³/mol. The summed E-state index contributed by atoms with van der Waals surface area (Å²) in [5, 5.41) is 5.53. The van der Waals surface area contributed by atoms with Crippen molar-refractivity contribution in [3.8, 4) is 0 Å². The van der Waals surface area contributed by atoms with Gasteiger partial charge >= 0.3 is 0 Å². The van der Waals surface area contributed by atoms with E-state index in [9.17, 15) is 13.2 Å². The van der Waals surface area contributed by atoms with Crippen molar-refractivity contribution in [2.75, 3.05) is 7.05 Å². The van der Waals surface area contributed by atoms with Gasteiger partial charge in [-0.3, -0.25) is 4.79 Å². The van der Waals surface area contributed by atoms with Crippen LogP contribution in [0.2, 0.25) is 0 Å². The maximum absolute atomic E-state index is 12.4. The van der Waals surface area contributed by atoms with Crippen molar-refractivity contribution in [2.45, 2.75) is 38.3 Å². The Morgan fingerprint density at radius 2 is 1.92 bits per heavy atom. The molecule has 8 heteroatoms. The van der Waals surface area contributed by atoms with E-state index in [0.29, 0.717) is 12.1 Å². The first-order chi connectivity index (χ1) is 11.2. The standard InChI is InChI=1S/C16H21N3O3S2/c1-11(2)19(4)24(21,22)14-7-5-13(6-8-14)16(20)17-9-15-18-12(3)10-23-15/h5-8,10-11H,9H2,1-4H3,(H,17,20). The molecule has 6 nitrogen and oxygen atoms in total. The monoisotopic (exact) mass is 367 g/mol. The van der Waals surface area contributed by atoms with E-state index in [1.807, 2.05) is 12.3 Å². The second-order valence-electron chi connectivity index (χ2n) is 5.70. The van der Waals surface area contributed by atoms with Crippen LogP contribution in [0.4, 0.5) is 0 Å². The lowest BCUT2D eigenvalue weighted by Crippen LogP contribution is -2.33. The zero-order valence-corrected chi connectivity index (χ0v) is 15.7. The van der Waals surface area contributed by atoms with Gasteiger partial charge in [-0.1, -0.05) is 0 Å². The molecule has 0 fully saturated rings. The SMILES string of the molecule is Cc1csc(CNC(=O)c2ccc(S(=O)(=O)N(C)C(C)C)cc2)n1. The summed E-state index contributed by atoms with van der Waals surface area (Å²) >= 11 is 1.49. The zero-order chi connectivity index (χ0) is 17.9. The molecule has 0 saturated heterocycles. The first-order valence-electron chi connectivity index (χ1n) is 7.49. The van der Waals surface area contributed by atoms with Gasteiger partial charge in [-0.2, -0.15) is 4.31 Å². The quantitative estimate of drug-likeness (QED) is 0.850. The maximum atomic E-state index is 12.4. The zero-order valence-electron chi connectivity index (χ0n) is 14.1. The van der Waals surface area contributed by atoms with Gasteiger partial charge in [0.05, 0.1) is 11.4 Å². The number of hydrogen-bond acceptors (Lipinski definition) is 5. The third-order valence-electron chi connectivity index (χ3n) is 3.59. The molecule has 0 atom stereocenters. The van der Waals surface area contributed by atoms with E-state index in [1.165, 1.54) is 47.0 Å². The molecule has 1 aromatic heterocycles. The Bertz CT molecular complexity index is 811. The van der Waals surface area contributed by atoms with Crippen molar-refractivity contribution in [1.29, 1.82) is 0 Å². The Kier molecular flexibility index (Phi) is 5.74. The fourth-order valence-corrected chi connectivity index (χ4v) is 4.04. The minimum atomic E-state index is -3.54. The highest BCUT2D eigenvalue weighted by atomic mass is 32.2. The average molecular weight is 367 g/mol. The van der Waals surface area contributed by atoms with Crippen molar-refractivity contribution in [3.05, 3.63) is 45.9 Å². The lowest BCUT2D eigenvalue weighted by atomic mass is 10.2. The summed E-state index contributed by atoms with van der Waals surface area (Å²) in [5.41, 5.74) is 1.34. The number of aryl methyl sites for hydroxylation is 1. The van der Waals surface area contributed by atoms with Crippen molar-refractivity contribution < 1.29 is 13.2 Å². The van der Waals surface area contributed by atoms with Crippen molar-refractivity contribution in [1.82, 2.24) is 14.6 Å². The fourth-order valence-electron chi connectivity index (χ4n) is 1.96. The summed E-state index contributed by atoms with van der Waals surface area (Å²) in [6.45, 7) is 5.86. The number of nitrogens with zero attached hydrogens (tertiary/aromatic N) is 2. The summed E-state index contributed by atoms with van der Waals surface area (Å²) in [6.07, 6.45) is 0. The van der Waals surface area contributed by atoms with Gasteiger partial charge in [-0.05, 0) is 45.0 Å². The van der Waals surface area contributed by atoms with Gasteiger partial charge in [0.15, 0.2) is 0 Å². The molecule has 130 valence electrons. The van der Waals surface area contributed by atoms with E-state index < -0.39 is 10.0 Å². The Morgan fingerprint density at radius 3 is 2.42 bits per heavy atom. The van der Waals surface area contributed by atoms with Gasteiger partial charge in [-0.25, -0.2) is 13.4 Å². The van der Waals surface area contributed by atoms with Crippen LogP contribution in [-0.4, -0.2) is 36.7 Å². The summed E-state index contributed by atoms with van der Waals surface area (Å²) < 4.78 is 26.1. The molecule has 1 aromatic carbocycles. The van der Waals surface area contributed by atoms with E-state index >= 15 is 0 Å². The molecule has 1 heterocycles. The van der Waals surface area contributed by atoms with Gasteiger partial charge in [0.25, 0.3) is 5.91 Å². The molecule has 0 aliphatic heterocycles. The average Bonchev–Trinajstić information content (AvgIpc) is 2.97. The van der Waals surface area contributed by atoms with Crippen LogP contribution in [0.5, 0.6) is 0 Å². The molecule has 0 aliphatic carbocycles. The number of sulfonamides is 1. The molecule has 0 unspecified atom stereocenters. The Balaban J connectivity index is 2.07. The van der Waals surface area contributed by atoms with Crippen LogP contribution in [0.3, 0.4) is 0 Å². The van der Waals surface area contributed by atoms with E-state index in [1.54, 1.807) is 13.8 Å². The highest BCUT2D eigenvalue weighted by Crippen LogP contribution is 2.17. The van der Waals surface area contributed by atoms with E-state index in [-0.39, 0.29) is 16.8 Å². The minimum Gasteiger partial charge on any atom is -0.346 e. The number of rotatable bonds is 6. The van der Waals surface area contributed by atoms with Crippen LogP contribution in [0, 0.1) is 6.92 Å². The number of carbonyl (C=O) groups is 1. The second-order valence-corrected chi connectivity index (χ2v) is 8.64. The smallest absolute Gasteiger partial charge is 0.251 e. The molecule has 2 aromatic rings. The van der Waals surface area contributed by atoms with Crippen LogP contribution < -0.4 is 5.32 Å². The molecule has 1 amide bonds. The summed E-state index contributed by atoms with van der Waals surface area (Å²) in [5.74, 6) is -0.260. The number of nitrogens with one attached hydrogen (secondary N) is 1. The van der Waals surface area contributed by atoms with E-state index in [0.717, 1.165) is 10.7 Å². The van der Waals surface area contributed by atoms with Crippen LogP contribution in [0.25, 0.3) is 0 Å². The third-order valence-corrected chi connectivity index (χ3v) is 6.60. The molecular weight excluding hydrogens is 346 g/mol. The Hall–Kier alpha value is -1.77. The molecule has 0 radical (unpaired) electrons. The topological polar surface area (TPSA) is 79.4 Å². The lowest BCUT2D eigenvalue weighted by Gasteiger charge is -2.21. The van der Waals surface area contributed by atoms with Crippen LogP contribution in [0.1, 0.15) is 34.9 Å². The molecule has 2 rings (SSSR count). The highest BCUT2D eigenvalue weighted by molar-refractivity contribution is 7.89. The number of amides is 1. The van der Waals surface area contributed by atoms with E-state index in [2.05, 4.69) is 10.3 Å². The summed E-state index contributed by atoms with van der Waals surface area (Å²) in [7, 11) is -2.00. The molecule has 24 heavy (non-hydrogen) atoms. The predicted octanol–water partition coefficient (Wildman–Crippen LogP) is 2.41. The number of benzene rings is 1. The Labute approximate surface area is 146 Å². The Morgan fingerprint density at radius 1 is 1.29 bits per heavy atom. The van der Waals surface area contributed by atoms with Gasteiger partial charge in [0.1, 0.15) is 5.01 Å². The number of hydrogen-bond donors (Lipinski definition) is 1. The number of aromatic nitrogens is 1. The van der Waals surface area contributed by atoms with Crippen LogP contribution >= 0.6 is 11.3 Å². The molecular formula is C16H21N3O3S2. The minimum absolute atomic E-state index is 0.139. The molecule has 0 bridgehead atoms. The fraction of sp³-hybridized carbons (Fsp3) is 0.375. The molecule has 0 spiro atoms. The second kappa shape index (κ2) is 7.42. The first kappa shape index (κ1) is 18.6. The van der Waals surface area contributed by atoms with Gasteiger partial charge in [-0.15, -0.1) is 11.3 Å². The first-order valence-corrected chi connectivity index (χ1v) is 9.81. The van der Waals surface area contributed by atoms with Crippen LogP contribution in [-0.2, 0) is 16.6 Å². The largest absolute Gasteiger partial charge is 0.346 e. The maximum Gasteiger partial charge on any atom is 0.251 e. The molecule has 0 saturated carbocycles. The van der Waals surface area contributed by atoms with Crippen molar-refractivity contribution >= 4 is 27.3 Å². The molecule has 1 N–H and O–H groups in total. The van der Waals surface area contributed by atoms with Gasteiger partial charge < -0.3 is 5.32 Å².